The van der Waals surface area contributed by atoms with Crippen LogP contribution in [0.4, 0.5) is 0 Å². The zero-order valence-electron chi connectivity index (χ0n) is 22.2. The first-order chi connectivity index (χ1) is 18.0. The highest BCUT2D eigenvalue weighted by molar-refractivity contribution is 7.99. The number of ether oxygens (including phenoxy) is 1. The number of methoxy groups -OCH3 is 1. The molecule has 0 unspecified atom stereocenters. The average Bonchev–Trinajstić information content (AvgIpc) is 2.91. The first-order valence-electron chi connectivity index (χ1n) is 13.6. The molecule has 1 saturated heterocycles. The number of benzene rings is 2. The molecular formula is C31H40N2O3S. The van der Waals surface area contributed by atoms with Crippen molar-refractivity contribution in [2.24, 2.45) is 11.8 Å². The molecule has 0 aliphatic carbocycles. The number of hydrogen-bond donors (Lipinski definition) is 1. The van der Waals surface area contributed by atoms with Gasteiger partial charge in [-0.25, -0.2) is 0 Å². The number of likely N-dealkylation sites (tertiary alicyclic amines) is 1. The second-order valence-electron chi connectivity index (χ2n) is 10.3. The first-order valence-corrected chi connectivity index (χ1v) is 14.6. The third-order valence-electron chi connectivity index (χ3n) is 7.73. The number of carboxylic acids is 1. The number of hydrogen-bond acceptors (Lipinski definition) is 5. The highest BCUT2D eigenvalue weighted by atomic mass is 32.2. The maximum Gasteiger partial charge on any atom is 0.303 e. The largest absolute Gasteiger partial charge is 0.497 e. The number of nitrogens with zero attached hydrogens (tertiary/aromatic N) is 2. The molecule has 6 heteroatoms. The Labute approximate surface area is 225 Å². The molecule has 1 N–H and O–H groups in total. The van der Waals surface area contributed by atoms with E-state index < -0.39 is 5.97 Å². The summed E-state index contributed by atoms with van der Waals surface area (Å²) in [5.41, 5.74) is 3.67. The fourth-order valence-electron chi connectivity index (χ4n) is 5.65. The van der Waals surface area contributed by atoms with Crippen LogP contribution in [0.25, 0.3) is 10.9 Å². The molecule has 2 heterocycles. The van der Waals surface area contributed by atoms with Crippen molar-refractivity contribution in [3.63, 3.8) is 0 Å². The van der Waals surface area contributed by atoms with Crippen LogP contribution in [0, 0.1) is 18.8 Å². The zero-order valence-corrected chi connectivity index (χ0v) is 23.0. The number of piperidine rings is 1. The molecule has 0 spiro atoms. The van der Waals surface area contributed by atoms with E-state index >= 15 is 0 Å². The first kappa shape index (κ1) is 27.5. The van der Waals surface area contributed by atoms with Gasteiger partial charge in [0.15, 0.2) is 0 Å². The zero-order chi connectivity index (χ0) is 26.0. The maximum atomic E-state index is 11.3. The summed E-state index contributed by atoms with van der Waals surface area (Å²) in [7, 11) is 1.70. The number of pyridine rings is 1. The molecule has 0 saturated carbocycles. The number of aromatic nitrogens is 1. The van der Waals surface area contributed by atoms with Gasteiger partial charge >= 0.3 is 5.97 Å². The lowest BCUT2D eigenvalue weighted by Crippen LogP contribution is -2.41. The molecule has 37 heavy (non-hydrogen) atoms. The van der Waals surface area contributed by atoms with Crippen molar-refractivity contribution >= 4 is 28.6 Å². The smallest absolute Gasteiger partial charge is 0.303 e. The Balaban J connectivity index is 1.28. The fraction of sp³-hybridized carbons (Fsp3) is 0.484. The van der Waals surface area contributed by atoms with Gasteiger partial charge in [-0.05, 0) is 118 Å². The maximum absolute atomic E-state index is 11.3. The quantitative estimate of drug-likeness (QED) is 0.196. The van der Waals surface area contributed by atoms with Gasteiger partial charge in [0.05, 0.1) is 12.6 Å². The lowest BCUT2D eigenvalue weighted by Gasteiger charge is -2.39. The number of fused-ring (bicyclic) bond motifs is 1. The Hall–Kier alpha value is -2.57. The number of rotatable bonds is 13. The van der Waals surface area contributed by atoms with Gasteiger partial charge in [0.2, 0.25) is 0 Å². The summed E-state index contributed by atoms with van der Waals surface area (Å²) < 4.78 is 5.43. The molecule has 2 atom stereocenters. The normalized spacial score (nSPS) is 18.2. The van der Waals surface area contributed by atoms with Gasteiger partial charge in [-0.15, -0.1) is 11.8 Å². The van der Waals surface area contributed by atoms with Crippen LogP contribution in [0.2, 0.25) is 0 Å². The lowest BCUT2D eigenvalue weighted by molar-refractivity contribution is -0.137. The number of aryl methyl sites for hydroxylation is 2. The fourth-order valence-corrected chi connectivity index (χ4v) is 6.61. The van der Waals surface area contributed by atoms with Gasteiger partial charge in [-0.3, -0.25) is 9.78 Å². The molecule has 3 aromatic rings. The van der Waals surface area contributed by atoms with Crippen LogP contribution < -0.4 is 4.74 Å². The van der Waals surface area contributed by atoms with Crippen LogP contribution in [0.5, 0.6) is 5.75 Å². The minimum atomic E-state index is -0.678. The van der Waals surface area contributed by atoms with Gasteiger partial charge in [-0.2, -0.15) is 0 Å². The number of carboxylic acid groups (broad SMARTS) is 1. The molecule has 0 bridgehead atoms. The third kappa shape index (κ3) is 7.96. The van der Waals surface area contributed by atoms with E-state index in [0.29, 0.717) is 11.8 Å². The Bertz CT molecular complexity index is 1170. The summed E-state index contributed by atoms with van der Waals surface area (Å²) >= 11 is 1.95. The Morgan fingerprint density at radius 3 is 2.81 bits per heavy atom. The van der Waals surface area contributed by atoms with E-state index in [2.05, 4.69) is 53.2 Å². The topological polar surface area (TPSA) is 62.7 Å². The van der Waals surface area contributed by atoms with Crippen molar-refractivity contribution in [2.45, 2.75) is 56.8 Å². The van der Waals surface area contributed by atoms with Gasteiger partial charge in [0.1, 0.15) is 5.75 Å². The second kappa shape index (κ2) is 13.8. The molecule has 1 aliphatic rings. The highest BCUT2D eigenvalue weighted by Gasteiger charge is 2.29. The van der Waals surface area contributed by atoms with Crippen LogP contribution in [-0.4, -0.2) is 53.5 Å². The molecule has 1 fully saturated rings. The van der Waals surface area contributed by atoms with Crippen molar-refractivity contribution in [3.05, 3.63) is 65.9 Å². The van der Waals surface area contributed by atoms with Crippen molar-refractivity contribution in [1.82, 2.24) is 9.88 Å². The number of carbonyl (C=O) groups is 1. The molecule has 1 aliphatic heterocycles. The standard InChI is InChI=1S/C31H40N2O3S/c1-23-7-3-4-10-30(23)37-20-6-18-33-19-16-24(26(22-33)11-14-31(34)35)8-5-9-25-15-17-32-29-13-12-27(36-2)21-28(25)29/h3-4,7,10,12-13,15,17,21,24,26H,5-6,8-9,11,14,16,18-20,22H2,1-2H3,(H,34,35)/t24-,26+/m1/s1. The Morgan fingerprint density at radius 1 is 1.14 bits per heavy atom. The van der Waals surface area contributed by atoms with E-state index in [9.17, 15) is 9.90 Å². The molecular weight excluding hydrogens is 480 g/mol. The number of thioether (sulfide) groups is 1. The molecule has 0 radical (unpaired) electrons. The van der Waals surface area contributed by atoms with E-state index in [4.69, 9.17) is 4.74 Å². The van der Waals surface area contributed by atoms with E-state index in [1.54, 1.807) is 7.11 Å². The van der Waals surface area contributed by atoms with Gasteiger partial charge in [-0.1, -0.05) is 18.2 Å². The van der Waals surface area contributed by atoms with Gasteiger partial charge in [0, 0.05) is 29.4 Å². The summed E-state index contributed by atoms with van der Waals surface area (Å²) in [6.07, 6.45) is 8.54. The predicted octanol–water partition coefficient (Wildman–Crippen LogP) is 6.86. The van der Waals surface area contributed by atoms with E-state index in [0.717, 1.165) is 68.8 Å². The minimum Gasteiger partial charge on any atom is -0.497 e. The van der Waals surface area contributed by atoms with Crippen molar-refractivity contribution < 1.29 is 14.6 Å². The number of aliphatic carboxylic acids is 1. The lowest BCUT2D eigenvalue weighted by atomic mass is 9.79. The molecule has 4 rings (SSSR count). The molecule has 1 aromatic heterocycles. The molecule has 2 aromatic carbocycles. The minimum absolute atomic E-state index is 0.271. The Kier molecular flexibility index (Phi) is 10.3. The van der Waals surface area contributed by atoms with Crippen molar-refractivity contribution in [1.29, 1.82) is 0 Å². The van der Waals surface area contributed by atoms with Gasteiger partial charge < -0.3 is 14.7 Å². The van der Waals surface area contributed by atoms with Crippen LogP contribution in [-0.2, 0) is 11.2 Å². The molecule has 198 valence electrons. The summed E-state index contributed by atoms with van der Waals surface area (Å²) in [6.45, 7) is 5.43. The highest BCUT2D eigenvalue weighted by Crippen LogP contribution is 2.33. The molecule has 5 nitrogen and oxygen atoms in total. The summed E-state index contributed by atoms with van der Waals surface area (Å²) in [5, 5.41) is 10.5. The summed E-state index contributed by atoms with van der Waals surface area (Å²) in [5.74, 6) is 2.36. The summed E-state index contributed by atoms with van der Waals surface area (Å²) in [4.78, 5) is 19.8. The van der Waals surface area contributed by atoms with Crippen LogP contribution in [0.15, 0.2) is 59.6 Å². The third-order valence-corrected chi connectivity index (χ3v) is 9.00. The van der Waals surface area contributed by atoms with Crippen molar-refractivity contribution in [2.75, 3.05) is 32.5 Å². The summed E-state index contributed by atoms with van der Waals surface area (Å²) in [6, 6.07) is 16.8. The monoisotopic (exact) mass is 520 g/mol. The second-order valence-corrected chi connectivity index (χ2v) is 11.4. The van der Waals surface area contributed by atoms with Crippen LogP contribution in [0.3, 0.4) is 0 Å². The van der Waals surface area contributed by atoms with Crippen LogP contribution in [0.1, 0.15) is 49.7 Å². The van der Waals surface area contributed by atoms with Gasteiger partial charge in [0.25, 0.3) is 0 Å². The van der Waals surface area contributed by atoms with E-state index in [1.165, 1.54) is 27.8 Å². The SMILES string of the molecule is COc1ccc2nccc(CCC[C@@H]3CCN(CCCSc4ccccc4C)C[C@@H]3CCC(=O)O)c2c1. The Morgan fingerprint density at radius 2 is 2.00 bits per heavy atom. The van der Waals surface area contributed by atoms with Crippen LogP contribution >= 0.6 is 11.8 Å². The van der Waals surface area contributed by atoms with E-state index in [1.807, 2.05) is 30.1 Å². The van der Waals surface area contributed by atoms with E-state index in [-0.39, 0.29) is 6.42 Å². The predicted molar refractivity (Wildman–Crippen MR) is 153 cm³/mol. The average molecular weight is 521 g/mol. The van der Waals surface area contributed by atoms with Crippen molar-refractivity contribution in [3.8, 4) is 5.75 Å². The molecule has 0 amide bonds.